The molecule has 1 aliphatic rings. The quantitative estimate of drug-likeness (QED) is 0.845. The summed E-state index contributed by atoms with van der Waals surface area (Å²) < 4.78 is 24.2. The maximum atomic E-state index is 13.8. The van der Waals surface area contributed by atoms with Gasteiger partial charge in [-0.15, -0.1) is 0 Å². The van der Waals surface area contributed by atoms with E-state index in [1.54, 1.807) is 30.3 Å². The number of nitrogens with zero attached hydrogens (tertiary/aromatic N) is 1. The number of carbonyl (C=O) groups is 2. The molecule has 0 aliphatic carbocycles. The third-order valence-electron chi connectivity index (χ3n) is 3.98. The predicted molar refractivity (Wildman–Crippen MR) is 90.5 cm³/mol. The van der Waals surface area contributed by atoms with Gasteiger partial charge in [0.2, 0.25) is 5.91 Å². The molecule has 0 aromatic heterocycles. The lowest BCUT2D eigenvalue weighted by Gasteiger charge is -2.19. The Labute approximate surface area is 144 Å². The summed E-state index contributed by atoms with van der Waals surface area (Å²) in [6, 6.07) is 9.98. The summed E-state index contributed by atoms with van der Waals surface area (Å²) >= 11 is 0. The number of benzene rings is 2. The Hall–Kier alpha value is -3.09. The van der Waals surface area contributed by atoms with Gasteiger partial charge in [-0.2, -0.15) is 0 Å². The molecule has 2 aromatic rings. The number of anilines is 2. The van der Waals surface area contributed by atoms with Crippen molar-refractivity contribution in [2.45, 2.75) is 12.5 Å². The molecule has 1 heterocycles. The van der Waals surface area contributed by atoms with Crippen LogP contribution in [0.5, 0.6) is 11.5 Å². The average molecular weight is 344 g/mol. The average Bonchev–Trinajstić information content (AvgIpc) is 2.90. The molecule has 2 amide bonds. The van der Waals surface area contributed by atoms with Crippen LogP contribution in [-0.2, 0) is 9.59 Å². The maximum Gasteiger partial charge on any atom is 0.256 e. The van der Waals surface area contributed by atoms with Crippen LogP contribution in [0.1, 0.15) is 6.42 Å². The van der Waals surface area contributed by atoms with E-state index in [9.17, 15) is 14.0 Å². The fraction of sp³-hybridized carbons (Fsp3) is 0.222. The van der Waals surface area contributed by atoms with Crippen molar-refractivity contribution in [3.8, 4) is 11.5 Å². The van der Waals surface area contributed by atoms with Gasteiger partial charge in [-0.25, -0.2) is 9.29 Å². The minimum Gasteiger partial charge on any atom is -0.497 e. The van der Waals surface area contributed by atoms with Gasteiger partial charge in [-0.3, -0.25) is 9.59 Å². The monoisotopic (exact) mass is 344 g/mol. The number of halogens is 1. The molecule has 2 aromatic carbocycles. The second kappa shape index (κ2) is 6.80. The van der Waals surface area contributed by atoms with E-state index >= 15 is 0 Å². The van der Waals surface area contributed by atoms with Crippen LogP contribution in [0.4, 0.5) is 15.8 Å². The fourth-order valence-corrected chi connectivity index (χ4v) is 2.73. The highest BCUT2D eigenvalue weighted by Gasteiger charge is 2.41. The normalized spacial score (nSPS) is 16.9. The van der Waals surface area contributed by atoms with Crippen molar-refractivity contribution in [3.63, 3.8) is 0 Å². The zero-order valence-electron chi connectivity index (χ0n) is 13.8. The fourth-order valence-electron chi connectivity index (χ4n) is 2.73. The van der Waals surface area contributed by atoms with E-state index in [4.69, 9.17) is 9.47 Å². The topological polar surface area (TPSA) is 67.9 Å². The van der Waals surface area contributed by atoms with Gasteiger partial charge in [0.25, 0.3) is 5.91 Å². The number of hydrogen-bond acceptors (Lipinski definition) is 5. The molecule has 7 heteroatoms. The van der Waals surface area contributed by atoms with E-state index < -0.39 is 17.8 Å². The molecule has 25 heavy (non-hydrogen) atoms. The summed E-state index contributed by atoms with van der Waals surface area (Å²) in [5.41, 5.74) is 0.508. The molecule has 0 spiro atoms. The highest BCUT2D eigenvalue weighted by Crippen LogP contribution is 2.35. The molecule has 130 valence electrons. The largest absolute Gasteiger partial charge is 0.497 e. The Morgan fingerprint density at radius 1 is 1.12 bits per heavy atom. The summed E-state index contributed by atoms with van der Waals surface area (Å²) in [6.45, 7) is 0. The SMILES string of the molecule is COc1ccc(N2C(=O)C[C@@H](Nc3ccccc3F)C2=O)c(OC)c1. The lowest BCUT2D eigenvalue weighted by atomic mass is 10.2. The number of amides is 2. The van der Waals surface area contributed by atoms with Crippen molar-refractivity contribution in [1.29, 1.82) is 0 Å². The first kappa shape index (κ1) is 16.8. The molecule has 0 saturated carbocycles. The molecule has 0 radical (unpaired) electrons. The van der Waals surface area contributed by atoms with Crippen molar-refractivity contribution in [2.24, 2.45) is 0 Å². The van der Waals surface area contributed by atoms with Crippen LogP contribution in [0.3, 0.4) is 0 Å². The molecule has 1 fully saturated rings. The standard InChI is InChI=1S/C18H17FN2O4/c1-24-11-7-8-15(16(9-11)25-2)21-17(22)10-14(18(21)23)20-13-6-4-3-5-12(13)19/h3-9,14,20H,10H2,1-2H3/t14-/m1/s1. The molecule has 6 nitrogen and oxygen atoms in total. The molecule has 3 rings (SSSR count). The molecule has 1 aliphatic heterocycles. The number of para-hydroxylation sites is 1. The molecule has 1 saturated heterocycles. The van der Waals surface area contributed by atoms with E-state index in [1.807, 2.05) is 0 Å². The van der Waals surface area contributed by atoms with Crippen LogP contribution in [0.25, 0.3) is 0 Å². The molecule has 0 bridgehead atoms. The van der Waals surface area contributed by atoms with Crippen LogP contribution in [0, 0.1) is 5.82 Å². The second-order valence-corrected chi connectivity index (χ2v) is 5.49. The van der Waals surface area contributed by atoms with E-state index in [0.717, 1.165) is 4.90 Å². The molecule has 1 atom stereocenters. The van der Waals surface area contributed by atoms with E-state index in [-0.39, 0.29) is 18.0 Å². The first-order valence-corrected chi connectivity index (χ1v) is 7.65. The Kier molecular flexibility index (Phi) is 4.56. The number of methoxy groups -OCH3 is 2. The Morgan fingerprint density at radius 2 is 1.88 bits per heavy atom. The lowest BCUT2D eigenvalue weighted by molar-refractivity contribution is -0.121. The van der Waals surface area contributed by atoms with Gasteiger partial charge in [0, 0.05) is 6.07 Å². The third kappa shape index (κ3) is 3.13. The Morgan fingerprint density at radius 3 is 2.56 bits per heavy atom. The highest BCUT2D eigenvalue weighted by atomic mass is 19.1. The zero-order valence-corrected chi connectivity index (χ0v) is 13.8. The van der Waals surface area contributed by atoms with Crippen LogP contribution < -0.4 is 19.7 Å². The Balaban J connectivity index is 1.88. The van der Waals surface area contributed by atoms with Crippen LogP contribution in [-0.4, -0.2) is 32.1 Å². The van der Waals surface area contributed by atoms with Gasteiger partial charge in [-0.05, 0) is 24.3 Å². The van der Waals surface area contributed by atoms with Crippen molar-refractivity contribution < 1.29 is 23.5 Å². The zero-order chi connectivity index (χ0) is 18.0. The minimum atomic E-state index is -0.837. The lowest BCUT2D eigenvalue weighted by Crippen LogP contribution is -2.35. The summed E-state index contributed by atoms with van der Waals surface area (Å²) in [7, 11) is 2.95. The van der Waals surface area contributed by atoms with Gasteiger partial charge in [0.1, 0.15) is 23.4 Å². The summed E-state index contributed by atoms with van der Waals surface area (Å²) in [5, 5.41) is 2.80. The Bertz CT molecular complexity index is 824. The van der Waals surface area contributed by atoms with Gasteiger partial charge in [0.15, 0.2) is 0 Å². The molecule has 1 N–H and O–H groups in total. The molecule has 0 unspecified atom stereocenters. The van der Waals surface area contributed by atoms with Gasteiger partial charge < -0.3 is 14.8 Å². The smallest absolute Gasteiger partial charge is 0.256 e. The number of imide groups is 1. The van der Waals surface area contributed by atoms with Crippen molar-refractivity contribution in [1.82, 2.24) is 0 Å². The van der Waals surface area contributed by atoms with E-state index in [1.165, 1.54) is 26.4 Å². The summed E-state index contributed by atoms with van der Waals surface area (Å²) in [6.07, 6.45) is -0.0671. The van der Waals surface area contributed by atoms with Crippen LogP contribution in [0.2, 0.25) is 0 Å². The highest BCUT2D eigenvalue weighted by molar-refractivity contribution is 6.23. The van der Waals surface area contributed by atoms with Gasteiger partial charge >= 0.3 is 0 Å². The van der Waals surface area contributed by atoms with Crippen molar-refractivity contribution in [3.05, 3.63) is 48.3 Å². The van der Waals surface area contributed by atoms with Crippen LogP contribution >= 0.6 is 0 Å². The van der Waals surface area contributed by atoms with Crippen LogP contribution in [0.15, 0.2) is 42.5 Å². The summed E-state index contributed by atoms with van der Waals surface area (Å²) in [4.78, 5) is 26.1. The summed E-state index contributed by atoms with van der Waals surface area (Å²) in [5.74, 6) is -0.449. The number of carbonyl (C=O) groups excluding carboxylic acids is 2. The first-order chi connectivity index (χ1) is 12.0. The number of nitrogens with one attached hydrogen (secondary N) is 1. The maximum absolute atomic E-state index is 13.8. The van der Waals surface area contributed by atoms with Crippen molar-refractivity contribution in [2.75, 3.05) is 24.4 Å². The number of ether oxygens (including phenoxy) is 2. The van der Waals surface area contributed by atoms with Gasteiger partial charge in [-0.1, -0.05) is 12.1 Å². The van der Waals surface area contributed by atoms with E-state index in [2.05, 4.69) is 5.32 Å². The van der Waals surface area contributed by atoms with Gasteiger partial charge in [0.05, 0.1) is 32.0 Å². The molecular weight excluding hydrogens is 327 g/mol. The minimum absolute atomic E-state index is 0.0671. The first-order valence-electron chi connectivity index (χ1n) is 7.65. The second-order valence-electron chi connectivity index (χ2n) is 5.49. The number of hydrogen-bond donors (Lipinski definition) is 1. The number of rotatable bonds is 5. The van der Waals surface area contributed by atoms with E-state index in [0.29, 0.717) is 17.2 Å². The molecular formula is C18H17FN2O4. The third-order valence-corrected chi connectivity index (χ3v) is 3.98. The predicted octanol–water partition coefficient (Wildman–Crippen LogP) is 2.59. The van der Waals surface area contributed by atoms with Crippen molar-refractivity contribution >= 4 is 23.2 Å².